The summed E-state index contributed by atoms with van der Waals surface area (Å²) in [6.45, 7) is 2.11. The topological polar surface area (TPSA) is 104 Å². The van der Waals surface area contributed by atoms with Crippen LogP contribution in [-0.2, 0) is 6.61 Å². The molecule has 0 amide bonds. The van der Waals surface area contributed by atoms with Crippen molar-refractivity contribution < 1.29 is 18.6 Å². The molecule has 30 heavy (non-hydrogen) atoms. The highest BCUT2D eigenvalue weighted by Gasteiger charge is 2.16. The molecule has 8 nitrogen and oxygen atoms in total. The van der Waals surface area contributed by atoms with E-state index in [1.807, 2.05) is 49.4 Å². The average molecular weight is 426 g/mol. The molecular formula is C21H22N4O4S. The molecular weight excluding hydrogens is 404 g/mol. The van der Waals surface area contributed by atoms with Crippen molar-refractivity contribution in [3.63, 3.8) is 0 Å². The molecule has 0 saturated carbocycles. The van der Waals surface area contributed by atoms with Gasteiger partial charge in [-0.3, -0.25) is 5.43 Å². The van der Waals surface area contributed by atoms with Crippen LogP contribution in [0.4, 0.5) is 0 Å². The van der Waals surface area contributed by atoms with Gasteiger partial charge in [-0.15, -0.1) is 0 Å². The molecule has 2 aromatic carbocycles. The summed E-state index contributed by atoms with van der Waals surface area (Å²) >= 11 is 4.69. The smallest absolute Gasteiger partial charge is 0.230 e. The number of aryl methyl sites for hydroxylation is 1. The van der Waals surface area contributed by atoms with Gasteiger partial charge in [0.05, 0.1) is 26.0 Å². The molecule has 3 rings (SSSR count). The lowest BCUT2D eigenvalue weighted by Gasteiger charge is -2.07. The second kappa shape index (κ2) is 9.75. The van der Waals surface area contributed by atoms with Crippen molar-refractivity contribution in [1.82, 2.24) is 10.4 Å². The van der Waals surface area contributed by atoms with Crippen molar-refractivity contribution in [3.05, 3.63) is 59.5 Å². The first kappa shape index (κ1) is 21.1. The molecule has 9 heteroatoms. The molecule has 1 aromatic heterocycles. The summed E-state index contributed by atoms with van der Waals surface area (Å²) in [7, 11) is 3.20. The van der Waals surface area contributed by atoms with E-state index in [-0.39, 0.29) is 11.7 Å². The summed E-state index contributed by atoms with van der Waals surface area (Å²) < 4.78 is 22.4. The van der Waals surface area contributed by atoms with Gasteiger partial charge in [0.25, 0.3) is 0 Å². The fourth-order valence-electron chi connectivity index (χ4n) is 2.63. The summed E-state index contributed by atoms with van der Waals surface area (Å²) in [6.07, 6.45) is 1.61. The Morgan fingerprint density at radius 1 is 1.17 bits per heavy atom. The van der Waals surface area contributed by atoms with Crippen molar-refractivity contribution >= 4 is 23.5 Å². The van der Waals surface area contributed by atoms with Gasteiger partial charge in [0.1, 0.15) is 35.3 Å². The van der Waals surface area contributed by atoms with Crippen LogP contribution in [-0.4, -0.2) is 30.5 Å². The van der Waals surface area contributed by atoms with Crippen molar-refractivity contribution in [2.24, 2.45) is 10.8 Å². The summed E-state index contributed by atoms with van der Waals surface area (Å²) in [6, 6.07) is 12.8. The molecule has 0 aliphatic carbocycles. The number of nitrogens with two attached hydrogens (primary N) is 1. The van der Waals surface area contributed by atoms with Crippen LogP contribution in [0.1, 0.15) is 17.0 Å². The van der Waals surface area contributed by atoms with Gasteiger partial charge in [-0.25, -0.2) is 4.98 Å². The molecule has 156 valence electrons. The van der Waals surface area contributed by atoms with Gasteiger partial charge in [0.2, 0.25) is 5.89 Å². The fraction of sp³-hybridized carbons (Fsp3) is 0.190. The van der Waals surface area contributed by atoms with Crippen LogP contribution in [0.15, 0.2) is 52.0 Å². The Balaban J connectivity index is 1.70. The number of aromatic nitrogens is 1. The zero-order chi connectivity index (χ0) is 21.5. The van der Waals surface area contributed by atoms with Crippen molar-refractivity contribution in [1.29, 1.82) is 0 Å². The number of hydrogen-bond donors (Lipinski definition) is 2. The van der Waals surface area contributed by atoms with E-state index in [4.69, 9.17) is 24.4 Å². The first-order valence-electron chi connectivity index (χ1n) is 9.00. The molecule has 3 N–H and O–H groups in total. The maximum absolute atomic E-state index is 5.84. The Labute approximate surface area is 179 Å². The zero-order valence-corrected chi connectivity index (χ0v) is 17.7. The highest BCUT2D eigenvalue weighted by atomic mass is 32.1. The molecule has 0 saturated heterocycles. The molecule has 0 radical (unpaired) electrons. The van der Waals surface area contributed by atoms with Gasteiger partial charge in [0, 0.05) is 0 Å². The Hall–Kier alpha value is -3.59. The minimum absolute atomic E-state index is 0.111. The van der Waals surface area contributed by atoms with Crippen molar-refractivity contribution in [2.75, 3.05) is 14.2 Å². The molecule has 0 atom stereocenters. The molecule has 1 heterocycles. The Bertz CT molecular complexity index is 1050. The first-order valence-corrected chi connectivity index (χ1v) is 9.41. The maximum Gasteiger partial charge on any atom is 0.230 e. The standard InChI is InChI=1S/C21H22N4O4S/c1-13-18(12-28-15-6-4-14(5-7-15)11-23-25-21(22)30)24-20(29-13)17-10-16(26-2)8-9-19(17)27-3/h4-11H,12H2,1-3H3,(H3,22,25,30). The second-order valence-corrected chi connectivity index (χ2v) is 6.62. The predicted octanol–water partition coefficient (Wildman–Crippen LogP) is 3.41. The van der Waals surface area contributed by atoms with Gasteiger partial charge in [0.15, 0.2) is 5.11 Å². The Morgan fingerprint density at radius 3 is 2.57 bits per heavy atom. The van der Waals surface area contributed by atoms with E-state index in [9.17, 15) is 0 Å². The number of nitrogens with zero attached hydrogens (tertiary/aromatic N) is 2. The van der Waals surface area contributed by atoms with Gasteiger partial charge in [-0.1, -0.05) is 0 Å². The van der Waals surface area contributed by atoms with Gasteiger partial charge < -0.3 is 24.4 Å². The summed E-state index contributed by atoms with van der Waals surface area (Å²) in [5.41, 5.74) is 10.1. The molecule has 0 bridgehead atoms. The number of methoxy groups -OCH3 is 2. The molecule has 3 aromatic rings. The van der Waals surface area contributed by atoms with Gasteiger partial charge in [-0.2, -0.15) is 5.10 Å². The SMILES string of the molecule is COc1ccc(OC)c(-c2nc(COc3ccc(C=NNC(N)=S)cc3)c(C)o2)c1. The Kier molecular flexibility index (Phi) is 6.87. The molecule has 0 unspecified atom stereocenters. The first-order chi connectivity index (χ1) is 14.5. The Morgan fingerprint density at radius 2 is 1.90 bits per heavy atom. The zero-order valence-electron chi connectivity index (χ0n) is 16.8. The van der Waals surface area contributed by atoms with E-state index in [1.54, 1.807) is 20.4 Å². The monoisotopic (exact) mass is 426 g/mol. The highest BCUT2D eigenvalue weighted by Crippen LogP contribution is 2.34. The lowest BCUT2D eigenvalue weighted by Crippen LogP contribution is -2.23. The van der Waals surface area contributed by atoms with Gasteiger partial charge >= 0.3 is 0 Å². The van der Waals surface area contributed by atoms with Crippen LogP contribution < -0.4 is 25.4 Å². The predicted molar refractivity (Wildman–Crippen MR) is 118 cm³/mol. The van der Waals surface area contributed by atoms with E-state index in [1.165, 1.54) is 0 Å². The molecule has 0 spiro atoms. The normalized spacial score (nSPS) is 10.8. The minimum Gasteiger partial charge on any atom is -0.497 e. The van der Waals surface area contributed by atoms with E-state index >= 15 is 0 Å². The summed E-state index contributed by atoms with van der Waals surface area (Å²) in [4.78, 5) is 4.57. The number of oxazole rings is 1. The molecule has 0 aliphatic rings. The lowest BCUT2D eigenvalue weighted by atomic mass is 10.2. The van der Waals surface area contributed by atoms with Crippen molar-refractivity contribution in [3.8, 4) is 28.7 Å². The number of nitrogens with one attached hydrogen (secondary N) is 1. The quantitative estimate of drug-likeness (QED) is 0.321. The van der Waals surface area contributed by atoms with Crippen LogP contribution >= 0.6 is 12.2 Å². The fourth-order valence-corrected chi connectivity index (χ4v) is 2.68. The third-order valence-electron chi connectivity index (χ3n) is 4.17. The van der Waals surface area contributed by atoms with Crippen LogP contribution in [0.2, 0.25) is 0 Å². The van der Waals surface area contributed by atoms with Crippen LogP contribution in [0, 0.1) is 6.92 Å². The number of ether oxygens (including phenoxy) is 3. The number of hydrogen-bond acceptors (Lipinski definition) is 7. The largest absolute Gasteiger partial charge is 0.497 e. The number of hydrazone groups is 1. The third-order valence-corrected chi connectivity index (χ3v) is 4.27. The highest BCUT2D eigenvalue weighted by molar-refractivity contribution is 7.80. The van der Waals surface area contributed by atoms with Crippen LogP contribution in [0.25, 0.3) is 11.5 Å². The minimum atomic E-state index is 0.111. The molecule has 0 aliphatic heterocycles. The van der Waals surface area contributed by atoms with E-state index in [0.717, 1.165) is 5.56 Å². The second-order valence-electron chi connectivity index (χ2n) is 6.18. The summed E-state index contributed by atoms with van der Waals surface area (Å²) in [5.74, 6) is 3.14. The van der Waals surface area contributed by atoms with E-state index < -0.39 is 0 Å². The number of benzene rings is 2. The van der Waals surface area contributed by atoms with Crippen LogP contribution in [0.5, 0.6) is 17.2 Å². The van der Waals surface area contributed by atoms with E-state index in [0.29, 0.717) is 40.2 Å². The summed E-state index contributed by atoms with van der Waals surface area (Å²) in [5, 5.41) is 4.02. The van der Waals surface area contributed by atoms with Crippen LogP contribution in [0.3, 0.4) is 0 Å². The lowest BCUT2D eigenvalue weighted by molar-refractivity contribution is 0.299. The third kappa shape index (κ3) is 5.26. The van der Waals surface area contributed by atoms with Gasteiger partial charge in [-0.05, 0) is 67.2 Å². The number of thiocarbonyl (C=S) groups is 1. The molecule has 0 fully saturated rings. The maximum atomic E-state index is 5.84. The van der Waals surface area contributed by atoms with Crippen molar-refractivity contribution in [2.45, 2.75) is 13.5 Å². The average Bonchev–Trinajstić information content (AvgIpc) is 3.12. The van der Waals surface area contributed by atoms with E-state index in [2.05, 4.69) is 27.7 Å². The number of rotatable bonds is 8.